The van der Waals surface area contributed by atoms with E-state index in [1.807, 2.05) is 41.3 Å². The van der Waals surface area contributed by atoms with Crippen LogP contribution in [-0.4, -0.2) is 72.4 Å². The lowest BCUT2D eigenvalue weighted by molar-refractivity contribution is -0.140. The first kappa shape index (κ1) is 24.5. The van der Waals surface area contributed by atoms with E-state index >= 15 is 0 Å². The monoisotopic (exact) mass is 507 g/mol. The molecule has 1 aromatic heterocycles. The highest BCUT2D eigenvalue weighted by Crippen LogP contribution is 2.38. The summed E-state index contributed by atoms with van der Waals surface area (Å²) in [5, 5.41) is 2.09. The Kier molecular flexibility index (Phi) is 7.63. The summed E-state index contributed by atoms with van der Waals surface area (Å²) in [7, 11) is 0. The summed E-state index contributed by atoms with van der Waals surface area (Å²) < 4.78 is 19.6. The molecule has 1 atom stereocenters. The smallest absolute Gasteiger partial charge is 0.260 e. The van der Waals surface area contributed by atoms with Crippen molar-refractivity contribution < 1.29 is 18.7 Å². The van der Waals surface area contributed by atoms with Gasteiger partial charge in [0.15, 0.2) is 6.61 Å². The van der Waals surface area contributed by atoms with Gasteiger partial charge in [-0.2, -0.15) is 0 Å². The van der Waals surface area contributed by atoms with E-state index in [0.29, 0.717) is 44.9 Å². The summed E-state index contributed by atoms with van der Waals surface area (Å²) in [6.07, 6.45) is 1.34. The standard InChI is InChI=1S/C28H30FN3O3S/c29-22-6-4-5-21(19-22)28-24-11-18-36-25(24)9-12-32(28)13-10-26(33)30-14-16-31(17-15-30)27(34)20-35-23-7-2-1-3-8-23/h1-8,11,18-19,28H,9-10,12-17,20H2. The van der Waals surface area contributed by atoms with Crippen LogP contribution in [0.4, 0.5) is 4.39 Å². The highest BCUT2D eigenvalue weighted by atomic mass is 32.1. The Labute approximate surface area is 214 Å². The Morgan fingerprint density at radius 3 is 2.42 bits per heavy atom. The molecule has 1 saturated heterocycles. The van der Waals surface area contributed by atoms with Gasteiger partial charge in [0.1, 0.15) is 11.6 Å². The third kappa shape index (κ3) is 5.60. The molecule has 1 fully saturated rings. The number of carbonyl (C=O) groups excluding carboxylic acids is 2. The van der Waals surface area contributed by atoms with Crippen molar-refractivity contribution in [2.45, 2.75) is 18.9 Å². The summed E-state index contributed by atoms with van der Waals surface area (Å²) in [6, 6.07) is 18.2. The molecule has 36 heavy (non-hydrogen) atoms. The van der Waals surface area contributed by atoms with Gasteiger partial charge in [-0.3, -0.25) is 14.5 Å². The van der Waals surface area contributed by atoms with Crippen LogP contribution in [0.5, 0.6) is 5.75 Å². The van der Waals surface area contributed by atoms with Crippen LogP contribution in [-0.2, 0) is 16.0 Å². The van der Waals surface area contributed by atoms with E-state index in [2.05, 4.69) is 16.3 Å². The van der Waals surface area contributed by atoms with Crippen molar-refractivity contribution >= 4 is 23.2 Å². The molecule has 5 rings (SSSR count). The Hall–Kier alpha value is -3.23. The van der Waals surface area contributed by atoms with Gasteiger partial charge < -0.3 is 14.5 Å². The lowest BCUT2D eigenvalue weighted by Crippen LogP contribution is -2.52. The Bertz CT molecular complexity index is 1190. The Morgan fingerprint density at radius 1 is 0.917 bits per heavy atom. The summed E-state index contributed by atoms with van der Waals surface area (Å²) in [4.78, 5) is 32.8. The summed E-state index contributed by atoms with van der Waals surface area (Å²) in [5.74, 6) is 0.455. The minimum atomic E-state index is -0.243. The van der Waals surface area contributed by atoms with Crippen molar-refractivity contribution in [3.63, 3.8) is 0 Å². The molecular formula is C28H30FN3O3S. The SMILES string of the molecule is O=C(CCN1CCc2sccc2C1c1cccc(F)c1)N1CCN(C(=O)COc2ccccc2)CC1. The van der Waals surface area contributed by atoms with E-state index in [1.165, 1.54) is 16.5 Å². The first-order valence-electron chi connectivity index (χ1n) is 12.4. The Balaban J connectivity index is 1.14. The molecule has 0 radical (unpaired) electrons. The van der Waals surface area contributed by atoms with Gasteiger partial charge in [-0.05, 0) is 53.3 Å². The van der Waals surface area contributed by atoms with Crippen LogP contribution in [0.3, 0.4) is 0 Å². The van der Waals surface area contributed by atoms with Gasteiger partial charge in [-0.25, -0.2) is 4.39 Å². The van der Waals surface area contributed by atoms with E-state index in [9.17, 15) is 14.0 Å². The molecule has 0 N–H and O–H groups in total. The lowest BCUT2D eigenvalue weighted by Gasteiger charge is -2.38. The first-order valence-corrected chi connectivity index (χ1v) is 13.3. The molecule has 3 aromatic rings. The highest BCUT2D eigenvalue weighted by molar-refractivity contribution is 7.10. The number of fused-ring (bicyclic) bond motifs is 1. The maximum Gasteiger partial charge on any atom is 0.260 e. The number of carbonyl (C=O) groups is 2. The second-order valence-electron chi connectivity index (χ2n) is 9.16. The van der Waals surface area contributed by atoms with Gasteiger partial charge in [0.25, 0.3) is 5.91 Å². The average Bonchev–Trinajstić information content (AvgIpc) is 3.39. The lowest BCUT2D eigenvalue weighted by atomic mass is 9.93. The summed E-state index contributed by atoms with van der Waals surface area (Å²) in [6.45, 7) is 3.52. The van der Waals surface area contributed by atoms with E-state index < -0.39 is 0 Å². The van der Waals surface area contributed by atoms with Gasteiger partial charge in [-0.15, -0.1) is 11.3 Å². The number of piperazine rings is 1. The number of nitrogens with zero attached hydrogens (tertiary/aromatic N) is 3. The van der Waals surface area contributed by atoms with E-state index in [4.69, 9.17) is 4.74 Å². The number of rotatable bonds is 7. The van der Waals surface area contributed by atoms with Crippen LogP contribution in [0, 0.1) is 5.82 Å². The van der Waals surface area contributed by atoms with Crippen molar-refractivity contribution in [2.75, 3.05) is 45.9 Å². The van der Waals surface area contributed by atoms with Crippen molar-refractivity contribution in [3.05, 3.63) is 87.9 Å². The molecule has 0 aliphatic carbocycles. The quantitative estimate of drug-likeness (QED) is 0.486. The van der Waals surface area contributed by atoms with Gasteiger partial charge in [-0.1, -0.05) is 30.3 Å². The molecular weight excluding hydrogens is 477 g/mol. The minimum absolute atomic E-state index is 0.00103. The number of benzene rings is 2. The predicted octanol–water partition coefficient (Wildman–Crippen LogP) is 3.97. The molecule has 188 valence electrons. The number of hydrogen-bond acceptors (Lipinski definition) is 5. The van der Waals surface area contributed by atoms with Crippen molar-refractivity contribution in [2.24, 2.45) is 0 Å². The molecule has 6 nitrogen and oxygen atoms in total. The minimum Gasteiger partial charge on any atom is -0.484 e. The Morgan fingerprint density at radius 2 is 1.67 bits per heavy atom. The van der Waals surface area contributed by atoms with Crippen LogP contribution in [0.15, 0.2) is 66.0 Å². The zero-order valence-electron chi connectivity index (χ0n) is 20.1. The molecule has 2 amide bonds. The van der Waals surface area contributed by atoms with Crippen molar-refractivity contribution in [1.82, 2.24) is 14.7 Å². The third-order valence-corrected chi connectivity index (χ3v) is 7.93. The van der Waals surface area contributed by atoms with E-state index in [-0.39, 0.29) is 30.3 Å². The van der Waals surface area contributed by atoms with Crippen LogP contribution < -0.4 is 4.74 Å². The van der Waals surface area contributed by atoms with E-state index in [1.54, 1.807) is 28.4 Å². The van der Waals surface area contributed by atoms with E-state index in [0.717, 1.165) is 18.5 Å². The summed E-state index contributed by atoms with van der Waals surface area (Å²) >= 11 is 1.75. The second kappa shape index (κ2) is 11.2. The molecule has 8 heteroatoms. The van der Waals surface area contributed by atoms with Crippen LogP contribution in [0.25, 0.3) is 0 Å². The molecule has 2 aliphatic rings. The third-order valence-electron chi connectivity index (χ3n) is 6.93. The van der Waals surface area contributed by atoms with Gasteiger partial charge in [0.05, 0.1) is 6.04 Å². The molecule has 0 saturated carbocycles. The summed E-state index contributed by atoms with van der Waals surface area (Å²) in [5.41, 5.74) is 2.14. The topological polar surface area (TPSA) is 53.1 Å². The zero-order chi connectivity index (χ0) is 24.9. The highest BCUT2D eigenvalue weighted by Gasteiger charge is 2.31. The number of amides is 2. The molecule has 2 aliphatic heterocycles. The van der Waals surface area contributed by atoms with Crippen molar-refractivity contribution in [3.8, 4) is 5.75 Å². The first-order chi connectivity index (χ1) is 17.6. The zero-order valence-corrected chi connectivity index (χ0v) is 21.0. The number of halogens is 1. The van der Waals surface area contributed by atoms with Crippen LogP contribution in [0.2, 0.25) is 0 Å². The molecule has 3 heterocycles. The van der Waals surface area contributed by atoms with Crippen LogP contribution in [0.1, 0.15) is 28.5 Å². The second-order valence-corrected chi connectivity index (χ2v) is 10.2. The van der Waals surface area contributed by atoms with Gasteiger partial charge in [0, 0.05) is 50.6 Å². The molecule has 2 aromatic carbocycles. The fraction of sp³-hybridized carbons (Fsp3) is 0.357. The number of hydrogen-bond donors (Lipinski definition) is 0. The maximum absolute atomic E-state index is 14.0. The van der Waals surface area contributed by atoms with Crippen molar-refractivity contribution in [1.29, 1.82) is 0 Å². The largest absolute Gasteiger partial charge is 0.484 e. The molecule has 0 bridgehead atoms. The number of ether oxygens (including phenoxy) is 1. The normalized spacial score (nSPS) is 18.1. The maximum atomic E-state index is 14.0. The fourth-order valence-electron chi connectivity index (χ4n) is 5.03. The molecule has 0 spiro atoms. The number of thiophene rings is 1. The van der Waals surface area contributed by atoms with Gasteiger partial charge in [0.2, 0.25) is 5.91 Å². The fourth-order valence-corrected chi connectivity index (χ4v) is 5.94. The van der Waals surface area contributed by atoms with Gasteiger partial charge >= 0.3 is 0 Å². The van der Waals surface area contributed by atoms with Crippen LogP contribution >= 0.6 is 11.3 Å². The number of para-hydroxylation sites is 1. The molecule has 1 unspecified atom stereocenters. The average molecular weight is 508 g/mol. The predicted molar refractivity (Wildman–Crippen MR) is 138 cm³/mol.